The SMILES string of the molecule is CNC1CCN(C(C)C(N)=O)C1=O. The zero-order valence-electron chi connectivity index (χ0n) is 7.91. The third-order valence-corrected chi connectivity index (χ3v) is 2.47. The maximum atomic E-state index is 11.5. The second-order valence-corrected chi connectivity index (χ2v) is 3.24. The molecule has 0 aromatic rings. The number of likely N-dealkylation sites (N-methyl/N-ethyl adjacent to an activating group) is 1. The largest absolute Gasteiger partial charge is 0.368 e. The number of primary amides is 1. The van der Waals surface area contributed by atoms with Crippen molar-refractivity contribution in [3.05, 3.63) is 0 Å². The summed E-state index contributed by atoms with van der Waals surface area (Å²) in [5.74, 6) is -0.487. The lowest BCUT2D eigenvalue weighted by Crippen LogP contribution is -2.46. The molecule has 0 aliphatic carbocycles. The maximum Gasteiger partial charge on any atom is 0.240 e. The molecule has 2 amide bonds. The highest BCUT2D eigenvalue weighted by Gasteiger charge is 2.34. The van der Waals surface area contributed by atoms with Crippen LogP contribution in [0.2, 0.25) is 0 Å². The van der Waals surface area contributed by atoms with Crippen LogP contribution < -0.4 is 11.1 Å². The van der Waals surface area contributed by atoms with Crippen LogP contribution in [0.5, 0.6) is 0 Å². The molecule has 1 heterocycles. The van der Waals surface area contributed by atoms with Gasteiger partial charge >= 0.3 is 0 Å². The highest BCUT2D eigenvalue weighted by molar-refractivity contribution is 5.90. The normalized spacial score (nSPS) is 24.9. The molecule has 1 rings (SSSR count). The minimum atomic E-state index is -0.495. The van der Waals surface area contributed by atoms with Crippen LogP contribution in [-0.2, 0) is 9.59 Å². The highest BCUT2D eigenvalue weighted by Crippen LogP contribution is 2.13. The van der Waals surface area contributed by atoms with Gasteiger partial charge in [0.05, 0.1) is 6.04 Å². The predicted molar refractivity (Wildman–Crippen MR) is 47.8 cm³/mol. The van der Waals surface area contributed by atoms with Gasteiger partial charge in [0, 0.05) is 6.54 Å². The number of carbonyl (C=O) groups excluding carboxylic acids is 2. The summed E-state index contributed by atoms with van der Waals surface area (Å²) < 4.78 is 0. The van der Waals surface area contributed by atoms with Crippen molar-refractivity contribution in [2.45, 2.75) is 25.4 Å². The van der Waals surface area contributed by atoms with Gasteiger partial charge in [-0.2, -0.15) is 0 Å². The van der Waals surface area contributed by atoms with Gasteiger partial charge in [-0.3, -0.25) is 9.59 Å². The van der Waals surface area contributed by atoms with Gasteiger partial charge in [0.2, 0.25) is 11.8 Å². The predicted octanol–water partition coefficient (Wildman–Crippen LogP) is -1.32. The number of likely N-dealkylation sites (tertiary alicyclic amines) is 1. The molecule has 1 saturated heterocycles. The monoisotopic (exact) mass is 185 g/mol. The summed E-state index contributed by atoms with van der Waals surface area (Å²) in [5.41, 5.74) is 5.11. The van der Waals surface area contributed by atoms with E-state index >= 15 is 0 Å². The van der Waals surface area contributed by atoms with Crippen molar-refractivity contribution in [2.24, 2.45) is 5.73 Å². The van der Waals surface area contributed by atoms with Gasteiger partial charge in [-0.05, 0) is 20.4 Å². The van der Waals surface area contributed by atoms with Crippen LogP contribution in [0.4, 0.5) is 0 Å². The zero-order chi connectivity index (χ0) is 10.0. The molecule has 0 spiro atoms. The first-order chi connectivity index (χ1) is 6.07. The topological polar surface area (TPSA) is 75.4 Å². The average Bonchev–Trinajstić information content (AvgIpc) is 2.45. The van der Waals surface area contributed by atoms with E-state index in [4.69, 9.17) is 5.73 Å². The van der Waals surface area contributed by atoms with Gasteiger partial charge in [-0.1, -0.05) is 0 Å². The Bertz CT molecular complexity index is 229. The van der Waals surface area contributed by atoms with E-state index in [1.807, 2.05) is 0 Å². The number of hydrogen-bond donors (Lipinski definition) is 2. The Balaban J connectivity index is 2.64. The van der Waals surface area contributed by atoms with E-state index in [-0.39, 0.29) is 11.9 Å². The average molecular weight is 185 g/mol. The molecule has 1 aliphatic heterocycles. The molecular formula is C8H15N3O2. The van der Waals surface area contributed by atoms with E-state index in [1.165, 1.54) is 4.90 Å². The number of carbonyl (C=O) groups is 2. The van der Waals surface area contributed by atoms with Crippen molar-refractivity contribution < 1.29 is 9.59 Å². The number of rotatable bonds is 3. The van der Waals surface area contributed by atoms with Gasteiger partial charge in [0.25, 0.3) is 0 Å². The Hall–Kier alpha value is -1.10. The van der Waals surface area contributed by atoms with Gasteiger partial charge in [0.15, 0.2) is 0 Å². The summed E-state index contributed by atoms with van der Waals surface area (Å²) in [5, 5.41) is 2.89. The van der Waals surface area contributed by atoms with Gasteiger partial charge in [-0.15, -0.1) is 0 Å². The molecule has 0 saturated carbocycles. The highest BCUT2D eigenvalue weighted by atomic mass is 16.2. The van der Waals surface area contributed by atoms with Gasteiger partial charge < -0.3 is 16.0 Å². The summed E-state index contributed by atoms with van der Waals surface area (Å²) in [6.45, 7) is 2.26. The van der Waals surface area contributed by atoms with Crippen molar-refractivity contribution in [3.63, 3.8) is 0 Å². The molecule has 2 atom stereocenters. The summed E-state index contributed by atoms with van der Waals surface area (Å²) in [7, 11) is 1.74. The van der Waals surface area contributed by atoms with Crippen LogP contribution in [0.25, 0.3) is 0 Å². The van der Waals surface area contributed by atoms with Crippen molar-refractivity contribution in [3.8, 4) is 0 Å². The van der Waals surface area contributed by atoms with E-state index in [0.29, 0.717) is 6.54 Å². The molecule has 0 aromatic carbocycles. The molecule has 0 radical (unpaired) electrons. The molecular weight excluding hydrogens is 170 g/mol. The van der Waals surface area contributed by atoms with E-state index in [9.17, 15) is 9.59 Å². The number of hydrogen-bond acceptors (Lipinski definition) is 3. The third-order valence-electron chi connectivity index (χ3n) is 2.47. The number of nitrogens with zero attached hydrogens (tertiary/aromatic N) is 1. The van der Waals surface area contributed by atoms with Crippen LogP contribution in [-0.4, -0.2) is 42.4 Å². The lowest BCUT2D eigenvalue weighted by Gasteiger charge is -2.21. The molecule has 1 aliphatic rings. The summed E-state index contributed by atoms with van der Waals surface area (Å²) in [4.78, 5) is 23.9. The summed E-state index contributed by atoms with van der Waals surface area (Å²) >= 11 is 0. The number of nitrogens with two attached hydrogens (primary N) is 1. The maximum absolute atomic E-state index is 11.5. The second kappa shape index (κ2) is 3.74. The molecule has 3 N–H and O–H groups in total. The van der Waals surface area contributed by atoms with Crippen LogP contribution in [0.15, 0.2) is 0 Å². The lowest BCUT2D eigenvalue weighted by molar-refractivity contribution is -0.136. The van der Waals surface area contributed by atoms with E-state index in [0.717, 1.165) is 6.42 Å². The fraction of sp³-hybridized carbons (Fsp3) is 0.750. The Morgan fingerprint density at radius 3 is 2.77 bits per heavy atom. The van der Waals surface area contributed by atoms with Gasteiger partial charge in [0.1, 0.15) is 6.04 Å². The quantitative estimate of drug-likeness (QED) is 0.572. The first kappa shape index (κ1) is 9.98. The van der Waals surface area contributed by atoms with Crippen molar-refractivity contribution >= 4 is 11.8 Å². The number of amides is 2. The van der Waals surface area contributed by atoms with E-state index in [2.05, 4.69) is 5.32 Å². The third kappa shape index (κ3) is 1.80. The number of nitrogens with one attached hydrogen (secondary N) is 1. The minimum absolute atomic E-state index is 0.0335. The van der Waals surface area contributed by atoms with Crippen LogP contribution in [0.1, 0.15) is 13.3 Å². The lowest BCUT2D eigenvalue weighted by atomic mass is 10.2. The van der Waals surface area contributed by atoms with Crippen LogP contribution >= 0.6 is 0 Å². The van der Waals surface area contributed by atoms with E-state index in [1.54, 1.807) is 14.0 Å². The molecule has 0 bridgehead atoms. The first-order valence-electron chi connectivity index (χ1n) is 4.35. The second-order valence-electron chi connectivity index (χ2n) is 3.24. The zero-order valence-corrected chi connectivity index (χ0v) is 7.91. The van der Waals surface area contributed by atoms with Crippen molar-refractivity contribution in [1.29, 1.82) is 0 Å². The Morgan fingerprint density at radius 2 is 2.38 bits per heavy atom. The summed E-state index contributed by atoms with van der Waals surface area (Å²) in [6.07, 6.45) is 0.743. The van der Waals surface area contributed by atoms with Gasteiger partial charge in [-0.25, -0.2) is 0 Å². The minimum Gasteiger partial charge on any atom is -0.368 e. The first-order valence-corrected chi connectivity index (χ1v) is 4.35. The molecule has 5 nitrogen and oxygen atoms in total. The standard InChI is InChI=1S/C8H15N3O2/c1-5(7(9)12)11-4-3-6(10-2)8(11)13/h5-6,10H,3-4H2,1-2H3,(H2,9,12). The molecule has 0 aromatic heterocycles. The smallest absolute Gasteiger partial charge is 0.240 e. The fourth-order valence-electron chi connectivity index (χ4n) is 1.51. The molecule has 1 fully saturated rings. The Morgan fingerprint density at radius 1 is 1.77 bits per heavy atom. The van der Waals surface area contributed by atoms with Crippen molar-refractivity contribution in [1.82, 2.24) is 10.2 Å². The molecule has 13 heavy (non-hydrogen) atoms. The molecule has 5 heteroatoms. The molecule has 74 valence electrons. The summed E-state index contributed by atoms with van der Waals surface area (Å²) in [6, 6.07) is -0.646. The fourth-order valence-corrected chi connectivity index (χ4v) is 1.51. The van der Waals surface area contributed by atoms with Crippen LogP contribution in [0.3, 0.4) is 0 Å². The van der Waals surface area contributed by atoms with E-state index < -0.39 is 11.9 Å². The Labute approximate surface area is 77.3 Å². The Kier molecular flexibility index (Phi) is 2.87. The van der Waals surface area contributed by atoms with Crippen LogP contribution in [0, 0.1) is 0 Å². The molecule has 2 unspecified atom stereocenters. The van der Waals surface area contributed by atoms with Crippen molar-refractivity contribution in [2.75, 3.05) is 13.6 Å².